The first-order valence-electron chi connectivity index (χ1n) is 12.4. The molecular weight excluding hydrogens is 478 g/mol. The molecule has 5 aromatic rings. The molecule has 0 unspecified atom stereocenters. The van der Waals surface area contributed by atoms with E-state index in [-0.39, 0.29) is 0 Å². The van der Waals surface area contributed by atoms with Crippen molar-refractivity contribution in [2.45, 2.75) is 6.92 Å². The molecule has 6 rings (SSSR count). The number of benzene rings is 2. The lowest BCUT2D eigenvalue weighted by Crippen LogP contribution is -2.38. The largest absolute Gasteiger partial charge is 0.460 e. The fourth-order valence-corrected chi connectivity index (χ4v) is 4.49. The Bertz CT molecular complexity index is 1620. The van der Waals surface area contributed by atoms with Crippen LogP contribution in [0.4, 0.5) is 5.95 Å². The maximum atomic E-state index is 10.3. The van der Waals surface area contributed by atoms with Crippen LogP contribution in [-0.4, -0.2) is 50.8 Å². The van der Waals surface area contributed by atoms with Gasteiger partial charge in [0.05, 0.1) is 30.2 Å². The topological polar surface area (TPSA) is 97.9 Å². The third kappa shape index (κ3) is 4.49. The average Bonchev–Trinajstić information content (AvgIpc) is 3.71. The maximum Gasteiger partial charge on any atom is 0.232 e. The van der Waals surface area contributed by atoms with Crippen LogP contribution in [0.15, 0.2) is 83.4 Å². The molecule has 0 amide bonds. The van der Waals surface area contributed by atoms with Gasteiger partial charge in [-0.2, -0.15) is 10.4 Å². The number of para-hydroxylation sites is 2. The van der Waals surface area contributed by atoms with E-state index in [1.165, 1.54) is 0 Å². The fourth-order valence-electron chi connectivity index (χ4n) is 4.49. The lowest BCUT2D eigenvalue weighted by molar-refractivity contribution is 0.122. The number of morpholine rings is 1. The zero-order valence-electron chi connectivity index (χ0n) is 20.9. The molecule has 4 heterocycles. The van der Waals surface area contributed by atoms with Gasteiger partial charge in [-0.3, -0.25) is 4.57 Å². The molecule has 38 heavy (non-hydrogen) atoms. The Morgan fingerprint density at radius 3 is 2.29 bits per heavy atom. The molecule has 0 bridgehead atoms. The van der Waals surface area contributed by atoms with E-state index in [0.29, 0.717) is 55.1 Å². The monoisotopic (exact) mass is 503 g/mol. The van der Waals surface area contributed by atoms with Gasteiger partial charge in [-0.15, -0.1) is 10.2 Å². The number of ether oxygens (including phenoxy) is 1. The quantitative estimate of drug-likeness (QED) is 0.303. The standard InChI is InChI=1S/C29H25N7O2/c1-21-12-13-26(38-21)27-23(20-35(33-27)24-8-4-2-5-9-24)18-22(19-30)28-31-32-29(34-14-16-37-17-15-34)36(28)25-10-6-3-7-11-25/h2-13,18,20H,14-17H2,1H3. The van der Waals surface area contributed by atoms with E-state index < -0.39 is 0 Å². The number of allylic oxidation sites excluding steroid dienone is 1. The van der Waals surface area contributed by atoms with Crippen molar-refractivity contribution in [3.8, 4) is 28.9 Å². The zero-order valence-corrected chi connectivity index (χ0v) is 20.9. The van der Waals surface area contributed by atoms with Gasteiger partial charge in [-0.25, -0.2) is 4.68 Å². The van der Waals surface area contributed by atoms with Gasteiger partial charge < -0.3 is 14.1 Å². The second-order valence-corrected chi connectivity index (χ2v) is 8.89. The summed E-state index contributed by atoms with van der Waals surface area (Å²) in [6.07, 6.45) is 3.69. The number of nitrogens with zero attached hydrogens (tertiary/aromatic N) is 7. The van der Waals surface area contributed by atoms with Crippen LogP contribution in [-0.2, 0) is 4.74 Å². The number of aryl methyl sites for hydroxylation is 1. The minimum atomic E-state index is 0.359. The van der Waals surface area contributed by atoms with E-state index in [1.54, 1.807) is 10.8 Å². The highest BCUT2D eigenvalue weighted by Crippen LogP contribution is 2.31. The highest BCUT2D eigenvalue weighted by atomic mass is 16.5. The second kappa shape index (κ2) is 10.2. The third-order valence-corrected chi connectivity index (χ3v) is 6.35. The van der Waals surface area contributed by atoms with Gasteiger partial charge in [0.25, 0.3) is 0 Å². The fraction of sp³-hybridized carbons (Fsp3) is 0.172. The molecule has 188 valence electrons. The predicted octanol–water partition coefficient (Wildman–Crippen LogP) is 4.92. The molecule has 0 spiro atoms. The van der Waals surface area contributed by atoms with Crippen molar-refractivity contribution in [1.29, 1.82) is 5.26 Å². The van der Waals surface area contributed by atoms with Crippen LogP contribution in [0.25, 0.3) is 34.5 Å². The smallest absolute Gasteiger partial charge is 0.232 e. The van der Waals surface area contributed by atoms with Gasteiger partial charge in [0.1, 0.15) is 17.5 Å². The average molecular weight is 504 g/mol. The molecule has 1 saturated heterocycles. The van der Waals surface area contributed by atoms with Gasteiger partial charge in [0, 0.05) is 24.8 Å². The third-order valence-electron chi connectivity index (χ3n) is 6.35. The SMILES string of the molecule is Cc1ccc(-c2nn(-c3ccccc3)cc2C=C(C#N)c2nnc(N3CCOCC3)n2-c2ccccc2)o1. The number of nitriles is 1. The first kappa shape index (κ1) is 23.5. The summed E-state index contributed by atoms with van der Waals surface area (Å²) in [5.41, 5.74) is 3.50. The van der Waals surface area contributed by atoms with Gasteiger partial charge in [0.15, 0.2) is 11.6 Å². The zero-order chi connectivity index (χ0) is 25.9. The molecule has 9 nitrogen and oxygen atoms in total. The van der Waals surface area contributed by atoms with E-state index >= 15 is 0 Å². The minimum Gasteiger partial charge on any atom is -0.460 e. The van der Waals surface area contributed by atoms with Crippen molar-refractivity contribution >= 4 is 17.6 Å². The van der Waals surface area contributed by atoms with E-state index in [4.69, 9.17) is 14.3 Å². The molecule has 3 aromatic heterocycles. The van der Waals surface area contributed by atoms with E-state index in [2.05, 4.69) is 21.2 Å². The van der Waals surface area contributed by atoms with E-state index in [0.717, 1.165) is 22.7 Å². The molecule has 2 aromatic carbocycles. The van der Waals surface area contributed by atoms with Crippen molar-refractivity contribution in [3.05, 3.63) is 96.1 Å². The number of aromatic nitrogens is 5. The Balaban J connectivity index is 1.50. The Morgan fingerprint density at radius 1 is 0.921 bits per heavy atom. The molecule has 1 aliphatic rings. The summed E-state index contributed by atoms with van der Waals surface area (Å²) >= 11 is 0. The summed E-state index contributed by atoms with van der Waals surface area (Å²) in [5, 5.41) is 24.2. The van der Waals surface area contributed by atoms with Crippen molar-refractivity contribution < 1.29 is 9.15 Å². The Morgan fingerprint density at radius 2 is 1.63 bits per heavy atom. The molecular formula is C29H25N7O2. The highest BCUT2D eigenvalue weighted by molar-refractivity contribution is 5.90. The van der Waals surface area contributed by atoms with Crippen LogP contribution >= 0.6 is 0 Å². The summed E-state index contributed by atoms with van der Waals surface area (Å²) in [5.74, 6) is 2.54. The number of hydrogen-bond acceptors (Lipinski definition) is 7. The van der Waals surface area contributed by atoms with E-state index in [1.807, 2.05) is 90.5 Å². The van der Waals surface area contributed by atoms with Crippen LogP contribution in [0.2, 0.25) is 0 Å². The highest BCUT2D eigenvalue weighted by Gasteiger charge is 2.24. The Kier molecular flexibility index (Phi) is 6.30. The molecule has 0 aliphatic carbocycles. The molecule has 0 saturated carbocycles. The summed E-state index contributed by atoms with van der Waals surface area (Å²) in [7, 11) is 0. The van der Waals surface area contributed by atoms with Crippen molar-refractivity contribution in [2.75, 3.05) is 31.2 Å². The summed E-state index contributed by atoms with van der Waals surface area (Å²) in [6, 6.07) is 25.8. The Hall–Kier alpha value is -4.94. The normalized spacial score (nSPS) is 14.0. The number of rotatable bonds is 6. The second-order valence-electron chi connectivity index (χ2n) is 8.89. The van der Waals surface area contributed by atoms with Crippen molar-refractivity contribution in [1.82, 2.24) is 24.5 Å². The molecule has 9 heteroatoms. The van der Waals surface area contributed by atoms with Gasteiger partial charge in [-0.1, -0.05) is 36.4 Å². The number of furan rings is 1. The summed E-state index contributed by atoms with van der Waals surface area (Å²) in [4.78, 5) is 2.13. The van der Waals surface area contributed by atoms with Crippen LogP contribution in [0.1, 0.15) is 17.1 Å². The lowest BCUT2D eigenvalue weighted by atomic mass is 10.1. The molecule has 0 radical (unpaired) electrons. The molecule has 0 atom stereocenters. The first-order chi connectivity index (χ1) is 18.7. The first-order valence-corrected chi connectivity index (χ1v) is 12.4. The predicted molar refractivity (Wildman–Crippen MR) is 144 cm³/mol. The van der Waals surface area contributed by atoms with Crippen LogP contribution in [0.5, 0.6) is 0 Å². The number of anilines is 1. The van der Waals surface area contributed by atoms with Gasteiger partial charge in [0.2, 0.25) is 5.95 Å². The van der Waals surface area contributed by atoms with Crippen LogP contribution in [0.3, 0.4) is 0 Å². The Labute approximate surface area is 219 Å². The van der Waals surface area contributed by atoms with Gasteiger partial charge in [-0.05, 0) is 49.4 Å². The molecule has 1 fully saturated rings. The van der Waals surface area contributed by atoms with Crippen LogP contribution in [0, 0.1) is 18.3 Å². The maximum absolute atomic E-state index is 10.3. The van der Waals surface area contributed by atoms with Crippen molar-refractivity contribution in [3.63, 3.8) is 0 Å². The van der Waals surface area contributed by atoms with Crippen LogP contribution < -0.4 is 4.90 Å². The summed E-state index contributed by atoms with van der Waals surface area (Å²) in [6.45, 7) is 4.51. The number of hydrogen-bond donors (Lipinski definition) is 0. The minimum absolute atomic E-state index is 0.359. The molecule has 1 aliphatic heterocycles. The lowest BCUT2D eigenvalue weighted by Gasteiger charge is -2.28. The van der Waals surface area contributed by atoms with Crippen molar-refractivity contribution in [2.24, 2.45) is 0 Å². The van der Waals surface area contributed by atoms with Gasteiger partial charge >= 0.3 is 0 Å². The van der Waals surface area contributed by atoms with E-state index in [9.17, 15) is 5.26 Å². The summed E-state index contributed by atoms with van der Waals surface area (Å²) < 4.78 is 15.2. The molecule has 0 N–H and O–H groups in total.